The highest BCUT2D eigenvalue weighted by Crippen LogP contribution is 2.16. The van der Waals surface area contributed by atoms with Crippen molar-refractivity contribution in [3.63, 3.8) is 0 Å². The molecule has 1 amide bonds. The highest BCUT2D eigenvalue weighted by molar-refractivity contribution is 6.03. The number of esters is 1. The first-order valence-electron chi connectivity index (χ1n) is 9.64. The summed E-state index contributed by atoms with van der Waals surface area (Å²) < 4.78 is 15.8. The largest absolute Gasteiger partial charge is 0.497 e. The number of carbonyl (C=O) groups is 2. The Hall–Kier alpha value is -3.28. The van der Waals surface area contributed by atoms with E-state index in [0.717, 1.165) is 18.4 Å². The van der Waals surface area contributed by atoms with Gasteiger partial charge in [-0.05, 0) is 61.4 Å². The van der Waals surface area contributed by atoms with Crippen LogP contribution in [-0.4, -0.2) is 32.2 Å². The maximum Gasteiger partial charge on any atom is 0.354 e. The van der Waals surface area contributed by atoms with E-state index >= 15 is 0 Å². The zero-order valence-corrected chi connectivity index (χ0v) is 17.1. The van der Waals surface area contributed by atoms with E-state index < -0.39 is 11.9 Å². The lowest BCUT2D eigenvalue weighted by molar-refractivity contribution is -0.138. The van der Waals surface area contributed by atoms with Gasteiger partial charge in [-0.2, -0.15) is 0 Å². The average Bonchev–Trinajstić information content (AvgIpc) is 2.74. The van der Waals surface area contributed by atoms with Gasteiger partial charge in [0.1, 0.15) is 17.2 Å². The second-order valence-corrected chi connectivity index (χ2v) is 6.23. The van der Waals surface area contributed by atoms with Crippen molar-refractivity contribution in [3.05, 3.63) is 65.4 Å². The third kappa shape index (κ3) is 6.99. The smallest absolute Gasteiger partial charge is 0.354 e. The van der Waals surface area contributed by atoms with E-state index in [0.29, 0.717) is 23.7 Å². The van der Waals surface area contributed by atoms with E-state index in [9.17, 15) is 9.59 Å². The minimum Gasteiger partial charge on any atom is -0.497 e. The number of rotatable bonds is 10. The first-order valence-corrected chi connectivity index (χ1v) is 9.64. The summed E-state index contributed by atoms with van der Waals surface area (Å²) in [6.07, 6.45) is 3.59. The molecule has 2 aromatic carbocycles. The second-order valence-electron chi connectivity index (χ2n) is 6.23. The van der Waals surface area contributed by atoms with Gasteiger partial charge in [0.15, 0.2) is 0 Å². The number of carbonyl (C=O) groups excluding carboxylic acids is 2. The topological polar surface area (TPSA) is 73.9 Å². The van der Waals surface area contributed by atoms with Gasteiger partial charge < -0.3 is 19.5 Å². The highest BCUT2D eigenvalue weighted by Gasteiger charge is 2.16. The molecule has 0 aromatic heterocycles. The van der Waals surface area contributed by atoms with Crippen LogP contribution in [0.15, 0.2) is 54.2 Å². The molecule has 0 radical (unpaired) electrons. The molecule has 0 aliphatic rings. The molecule has 0 fully saturated rings. The summed E-state index contributed by atoms with van der Waals surface area (Å²) in [5.74, 6) is 0.397. The number of ether oxygens (including phenoxy) is 3. The van der Waals surface area contributed by atoms with E-state index in [4.69, 9.17) is 14.2 Å². The van der Waals surface area contributed by atoms with Crippen LogP contribution in [0.5, 0.6) is 11.5 Å². The summed E-state index contributed by atoms with van der Waals surface area (Å²) in [7, 11) is 1.58. The van der Waals surface area contributed by atoms with Gasteiger partial charge in [0, 0.05) is 5.56 Å². The molecule has 2 aromatic rings. The molecule has 0 saturated heterocycles. The van der Waals surface area contributed by atoms with Crippen molar-refractivity contribution in [2.75, 3.05) is 20.3 Å². The number of hydrogen-bond acceptors (Lipinski definition) is 5. The molecular formula is C23H27NO5. The van der Waals surface area contributed by atoms with E-state index in [1.807, 2.05) is 0 Å². The van der Waals surface area contributed by atoms with Crippen molar-refractivity contribution in [2.45, 2.75) is 26.7 Å². The van der Waals surface area contributed by atoms with Gasteiger partial charge in [0.2, 0.25) is 0 Å². The standard InChI is InChI=1S/C23H27NO5/c1-4-6-15-29-20-13-9-18(10-14-20)22(25)24-21(23(26)28-5-2)16-17-7-11-19(27-3)12-8-17/h7-14,16H,4-6,15H2,1-3H3,(H,24,25)/b21-16+. The normalized spacial score (nSPS) is 10.9. The summed E-state index contributed by atoms with van der Waals surface area (Å²) in [6, 6.07) is 13.9. The van der Waals surface area contributed by atoms with E-state index in [1.54, 1.807) is 68.6 Å². The first-order chi connectivity index (χ1) is 14.1. The summed E-state index contributed by atoms with van der Waals surface area (Å²) in [5, 5.41) is 2.64. The van der Waals surface area contributed by atoms with Crippen LogP contribution in [0.25, 0.3) is 6.08 Å². The lowest BCUT2D eigenvalue weighted by atomic mass is 10.1. The lowest BCUT2D eigenvalue weighted by Crippen LogP contribution is -2.28. The number of unbranched alkanes of at least 4 members (excludes halogenated alkanes) is 1. The monoisotopic (exact) mass is 397 g/mol. The Morgan fingerprint density at radius 2 is 1.62 bits per heavy atom. The minimum absolute atomic E-state index is 0.0605. The van der Waals surface area contributed by atoms with Crippen molar-refractivity contribution in [1.82, 2.24) is 5.32 Å². The van der Waals surface area contributed by atoms with Gasteiger partial charge in [-0.1, -0.05) is 25.5 Å². The van der Waals surface area contributed by atoms with Crippen LogP contribution < -0.4 is 14.8 Å². The van der Waals surface area contributed by atoms with E-state index in [-0.39, 0.29) is 12.3 Å². The molecule has 1 N–H and O–H groups in total. The van der Waals surface area contributed by atoms with Gasteiger partial charge in [-0.15, -0.1) is 0 Å². The molecule has 29 heavy (non-hydrogen) atoms. The van der Waals surface area contributed by atoms with Crippen LogP contribution in [0.4, 0.5) is 0 Å². The quantitative estimate of drug-likeness (QED) is 0.369. The lowest BCUT2D eigenvalue weighted by Gasteiger charge is -2.10. The van der Waals surface area contributed by atoms with Crippen LogP contribution in [-0.2, 0) is 9.53 Å². The Kier molecular flexibility index (Phi) is 8.76. The average molecular weight is 397 g/mol. The molecule has 0 heterocycles. The molecule has 0 saturated carbocycles. The predicted molar refractivity (Wildman–Crippen MR) is 112 cm³/mol. The highest BCUT2D eigenvalue weighted by atomic mass is 16.5. The SMILES string of the molecule is CCCCOc1ccc(C(=O)N/C(=C/c2ccc(OC)cc2)C(=O)OCC)cc1. The maximum atomic E-state index is 12.6. The summed E-state index contributed by atoms with van der Waals surface area (Å²) in [6.45, 7) is 4.65. The molecule has 0 bridgehead atoms. The molecular weight excluding hydrogens is 370 g/mol. The third-order valence-electron chi connectivity index (χ3n) is 4.05. The van der Waals surface area contributed by atoms with E-state index in [1.165, 1.54) is 0 Å². The van der Waals surface area contributed by atoms with Crippen molar-refractivity contribution >= 4 is 18.0 Å². The number of amides is 1. The zero-order valence-electron chi connectivity index (χ0n) is 17.1. The Morgan fingerprint density at radius 1 is 0.966 bits per heavy atom. The third-order valence-corrected chi connectivity index (χ3v) is 4.05. The Balaban J connectivity index is 2.13. The number of benzene rings is 2. The first kappa shape index (κ1) is 22.0. The van der Waals surface area contributed by atoms with Gasteiger partial charge in [-0.25, -0.2) is 4.79 Å². The summed E-state index contributed by atoms with van der Waals surface area (Å²) in [5.41, 5.74) is 1.21. The van der Waals surface area contributed by atoms with Crippen LogP contribution in [0, 0.1) is 0 Å². The Morgan fingerprint density at radius 3 is 2.21 bits per heavy atom. The van der Waals surface area contributed by atoms with Gasteiger partial charge in [-0.3, -0.25) is 4.79 Å². The summed E-state index contributed by atoms with van der Waals surface area (Å²) >= 11 is 0. The molecule has 6 nitrogen and oxygen atoms in total. The van der Waals surface area contributed by atoms with Gasteiger partial charge >= 0.3 is 5.97 Å². The van der Waals surface area contributed by atoms with Gasteiger partial charge in [0.25, 0.3) is 5.91 Å². The maximum absolute atomic E-state index is 12.6. The fraction of sp³-hybridized carbons (Fsp3) is 0.304. The molecule has 6 heteroatoms. The fourth-order valence-electron chi connectivity index (χ4n) is 2.45. The molecule has 0 unspecified atom stereocenters. The van der Waals surface area contributed by atoms with Crippen LogP contribution in [0.1, 0.15) is 42.6 Å². The molecule has 0 aliphatic carbocycles. The fourth-order valence-corrected chi connectivity index (χ4v) is 2.45. The van der Waals surface area contributed by atoms with Crippen molar-refractivity contribution in [1.29, 1.82) is 0 Å². The zero-order chi connectivity index (χ0) is 21.1. The van der Waals surface area contributed by atoms with Crippen LogP contribution in [0.2, 0.25) is 0 Å². The second kappa shape index (κ2) is 11.5. The number of methoxy groups -OCH3 is 1. The van der Waals surface area contributed by atoms with Crippen LogP contribution >= 0.6 is 0 Å². The number of hydrogen-bond donors (Lipinski definition) is 1. The Labute approximate surface area is 171 Å². The Bertz CT molecular complexity index is 825. The van der Waals surface area contributed by atoms with E-state index in [2.05, 4.69) is 12.2 Å². The van der Waals surface area contributed by atoms with Crippen molar-refractivity contribution < 1.29 is 23.8 Å². The van der Waals surface area contributed by atoms with Crippen LogP contribution in [0.3, 0.4) is 0 Å². The summed E-state index contributed by atoms with van der Waals surface area (Å²) in [4.78, 5) is 24.9. The predicted octanol–water partition coefficient (Wildman–Crippen LogP) is 4.21. The molecule has 0 aliphatic heterocycles. The minimum atomic E-state index is -0.601. The van der Waals surface area contributed by atoms with Crippen molar-refractivity contribution in [2.24, 2.45) is 0 Å². The molecule has 2 rings (SSSR count). The molecule has 0 atom stereocenters. The molecule has 0 spiro atoms. The van der Waals surface area contributed by atoms with Crippen molar-refractivity contribution in [3.8, 4) is 11.5 Å². The molecule has 154 valence electrons. The number of nitrogens with one attached hydrogen (secondary N) is 1. The van der Waals surface area contributed by atoms with Gasteiger partial charge in [0.05, 0.1) is 20.3 Å².